The van der Waals surface area contributed by atoms with Crippen molar-refractivity contribution in [2.75, 3.05) is 23.7 Å². The molecule has 0 radical (unpaired) electrons. The van der Waals surface area contributed by atoms with E-state index in [1.165, 1.54) is 29.2 Å². The van der Waals surface area contributed by atoms with Gasteiger partial charge in [-0.3, -0.25) is 13.9 Å². The van der Waals surface area contributed by atoms with E-state index in [1.54, 1.807) is 25.1 Å². The monoisotopic (exact) mass is 559 g/mol. The summed E-state index contributed by atoms with van der Waals surface area (Å²) in [5, 5.41) is 3.67. The fourth-order valence-electron chi connectivity index (χ4n) is 3.56. The summed E-state index contributed by atoms with van der Waals surface area (Å²) in [7, 11) is -3.66. The van der Waals surface area contributed by atoms with Crippen molar-refractivity contribution in [3.63, 3.8) is 0 Å². The van der Waals surface area contributed by atoms with Crippen LogP contribution in [0.2, 0.25) is 10.0 Å². The molecule has 0 aliphatic heterocycles. The van der Waals surface area contributed by atoms with Gasteiger partial charge in [0.2, 0.25) is 21.8 Å². The molecule has 0 saturated heterocycles. The fourth-order valence-corrected chi connectivity index (χ4v) is 5.00. The van der Waals surface area contributed by atoms with Gasteiger partial charge in [-0.25, -0.2) is 12.8 Å². The molecule has 0 unspecified atom stereocenters. The van der Waals surface area contributed by atoms with Gasteiger partial charge >= 0.3 is 0 Å². The van der Waals surface area contributed by atoms with Gasteiger partial charge in [-0.05, 0) is 61.7 Å². The molecule has 2 amide bonds. The number of carbonyl (C=O) groups is 2. The molecule has 2 aromatic carbocycles. The minimum Gasteiger partial charge on any atom is -0.354 e. The summed E-state index contributed by atoms with van der Waals surface area (Å²) >= 11 is 12.3. The summed E-state index contributed by atoms with van der Waals surface area (Å²) in [6.45, 7) is 4.27. The van der Waals surface area contributed by atoms with Gasteiger partial charge in [0.15, 0.2) is 0 Å². The van der Waals surface area contributed by atoms with Crippen LogP contribution in [0.15, 0.2) is 42.5 Å². The molecule has 7 nitrogen and oxygen atoms in total. The number of rotatable bonds is 13. The number of carbonyl (C=O) groups excluding carboxylic acids is 2. The highest BCUT2D eigenvalue weighted by Gasteiger charge is 2.27. The predicted octanol–water partition coefficient (Wildman–Crippen LogP) is 5.01. The average molecular weight is 561 g/mol. The summed E-state index contributed by atoms with van der Waals surface area (Å²) < 4.78 is 39.0. The summed E-state index contributed by atoms with van der Waals surface area (Å²) in [5.41, 5.74) is 0.937. The van der Waals surface area contributed by atoms with Crippen molar-refractivity contribution in [2.45, 2.75) is 52.1 Å². The van der Waals surface area contributed by atoms with Crippen LogP contribution >= 0.6 is 23.2 Å². The quantitative estimate of drug-likeness (QED) is 0.349. The highest BCUT2D eigenvalue weighted by molar-refractivity contribution is 7.92. The number of amides is 2. The second-order valence-corrected chi connectivity index (χ2v) is 11.2. The number of anilines is 1. The zero-order valence-electron chi connectivity index (χ0n) is 20.6. The minimum atomic E-state index is -3.66. The molecule has 36 heavy (non-hydrogen) atoms. The van der Waals surface area contributed by atoms with Crippen molar-refractivity contribution in [1.82, 2.24) is 10.2 Å². The Morgan fingerprint density at radius 2 is 1.75 bits per heavy atom. The summed E-state index contributed by atoms with van der Waals surface area (Å²) in [6, 6.07) is 9.25. The summed E-state index contributed by atoms with van der Waals surface area (Å²) in [5.74, 6) is -1.09. The van der Waals surface area contributed by atoms with E-state index in [0.29, 0.717) is 27.8 Å². The Labute approximate surface area is 222 Å². The van der Waals surface area contributed by atoms with Crippen LogP contribution in [0.5, 0.6) is 0 Å². The minimum absolute atomic E-state index is 0.00893. The smallest absolute Gasteiger partial charge is 0.242 e. The predicted molar refractivity (Wildman–Crippen MR) is 142 cm³/mol. The first-order chi connectivity index (χ1) is 16.9. The van der Waals surface area contributed by atoms with E-state index in [1.807, 2.05) is 6.92 Å². The third-order valence-electron chi connectivity index (χ3n) is 5.62. The maximum Gasteiger partial charge on any atom is 0.242 e. The van der Waals surface area contributed by atoms with Crippen molar-refractivity contribution in [3.05, 3.63) is 63.9 Å². The van der Waals surface area contributed by atoms with Gasteiger partial charge in [0.25, 0.3) is 0 Å². The van der Waals surface area contributed by atoms with Gasteiger partial charge in [0.05, 0.1) is 11.9 Å². The molecule has 1 atom stereocenters. The molecule has 0 heterocycles. The molecule has 0 aliphatic carbocycles. The van der Waals surface area contributed by atoms with E-state index in [9.17, 15) is 22.4 Å². The normalized spacial score (nSPS) is 12.2. The van der Waals surface area contributed by atoms with Crippen LogP contribution in [-0.2, 0) is 26.2 Å². The molecule has 0 saturated carbocycles. The number of sulfonamides is 1. The third-order valence-corrected chi connectivity index (χ3v) is 7.40. The van der Waals surface area contributed by atoms with Crippen LogP contribution in [-0.4, -0.2) is 50.5 Å². The Hall–Kier alpha value is -2.36. The van der Waals surface area contributed by atoms with Gasteiger partial charge in [-0.15, -0.1) is 0 Å². The van der Waals surface area contributed by atoms with E-state index in [-0.39, 0.29) is 37.7 Å². The number of unbranched alkanes of at least 4 members (excludes halogenated alkanes) is 1. The molecule has 2 rings (SSSR count). The lowest BCUT2D eigenvalue weighted by Gasteiger charge is -2.30. The van der Waals surface area contributed by atoms with Gasteiger partial charge in [-0.1, -0.05) is 42.6 Å². The van der Waals surface area contributed by atoms with Gasteiger partial charge in [0.1, 0.15) is 11.9 Å². The van der Waals surface area contributed by atoms with E-state index in [4.69, 9.17) is 23.2 Å². The maximum atomic E-state index is 13.3. The molecule has 11 heteroatoms. The lowest BCUT2D eigenvalue weighted by molar-refractivity contribution is -0.140. The summed E-state index contributed by atoms with van der Waals surface area (Å²) in [4.78, 5) is 27.4. The SMILES string of the molecule is CCCCNC(=O)[C@H](C)N(Cc1ccc(Cl)cc1Cl)C(=O)CCCN(c1ccc(F)cc1)S(C)(=O)=O. The number of hydrogen-bond acceptors (Lipinski definition) is 4. The number of nitrogens with one attached hydrogen (secondary N) is 1. The lowest BCUT2D eigenvalue weighted by atomic mass is 10.1. The second kappa shape index (κ2) is 13.8. The number of nitrogens with zero attached hydrogens (tertiary/aromatic N) is 2. The Morgan fingerprint density at radius 1 is 1.08 bits per heavy atom. The molecular weight excluding hydrogens is 528 g/mol. The molecule has 1 N–H and O–H groups in total. The van der Waals surface area contributed by atoms with Crippen LogP contribution in [0.1, 0.15) is 45.1 Å². The molecule has 198 valence electrons. The molecule has 0 aromatic heterocycles. The number of hydrogen-bond donors (Lipinski definition) is 1. The highest BCUT2D eigenvalue weighted by Crippen LogP contribution is 2.24. The first-order valence-corrected chi connectivity index (χ1v) is 14.3. The lowest BCUT2D eigenvalue weighted by Crippen LogP contribution is -2.48. The van der Waals surface area contributed by atoms with Crippen LogP contribution in [0.25, 0.3) is 0 Å². The van der Waals surface area contributed by atoms with Crippen LogP contribution < -0.4 is 9.62 Å². The Bertz CT molecular complexity index is 1150. The summed E-state index contributed by atoms with van der Waals surface area (Å²) in [6.07, 6.45) is 2.97. The largest absolute Gasteiger partial charge is 0.354 e. The Balaban J connectivity index is 2.17. The molecule has 0 fully saturated rings. The van der Waals surface area contributed by atoms with Crippen molar-refractivity contribution in [2.24, 2.45) is 0 Å². The molecule has 0 aliphatic rings. The number of benzene rings is 2. The zero-order valence-corrected chi connectivity index (χ0v) is 23.0. The standard InChI is InChI=1S/C25H32Cl2FN3O4S/c1-4-5-14-29-25(33)18(2)30(17-19-8-9-20(26)16-23(19)27)24(32)7-6-15-31(36(3,34)35)22-12-10-21(28)11-13-22/h8-13,16,18H,4-7,14-15,17H2,1-3H3,(H,29,33)/t18-/m0/s1. The second-order valence-electron chi connectivity index (χ2n) is 8.49. The first kappa shape index (κ1) is 29.9. The van der Waals surface area contributed by atoms with Crippen molar-refractivity contribution in [1.29, 1.82) is 0 Å². The third kappa shape index (κ3) is 8.94. The van der Waals surface area contributed by atoms with Crippen LogP contribution in [0.3, 0.4) is 0 Å². The topological polar surface area (TPSA) is 86.8 Å². The average Bonchev–Trinajstić information content (AvgIpc) is 2.81. The van der Waals surface area contributed by atoms with Gasteiger partial charge < -0.3 is 10.2 Å². The molecular formula is C25H32Cl2FN3O4S. The molecule has 2 aromatic rings. The van der Waals surface area contributed by atoms with Crippen molar-refractivity contribution in [3.8, 4) is 0 Å². The van der Waals surface area contributed by atoms with E-state index >= 15 is 0 Å². The Morgan fingerprint density at radius 3 is 2.33 bits per heavy atom. The zero-order chi connectivity index (χ0) is 26.9. The van der Waals surface area contributed by atoms with Gasteiger partial charge in [-0.2, -0.15) is 0 Å². The molecule has 0 bridgehead atoms. The van der Waals surface area contributed by atoms with Gasteiger partial charge in [0, 0.05) is 36.1 Å². The molecule has 0 spiro atoms. The van der Waals surface area contributed by atoms with E-state index in [2.05, 4.69) is 5.32 Å². The fraction of sp³-hybridized carbons (Fsp3) is 0.440. The maximum absolute atomic E-state index is 13.3. The highest BCUT2D eigenvalue weighted by atomic mass is 35.5. The number of halogens is 3. The van der Waals surface area contributed by atoms with Crippen LogP contribution in [0.4, 0.5) is 10.1 Å². The van der Waals surface area contributed by atoms with Crippen molar-refractivity contribution < 1.29 is 22.4 Å². The van der Waals surface area contributed by atoms with Crippen molar-refractivity contribution >= 4 is 50.7 Å². The van der Waals surface area contributed by atoms with E-state index < -0.39 is 21.9 Å². The van der Waals surface area contributed by atoms with Crippen LogP contribution in [0, 0.1) is 5.82 Å². The first-order valence-electron chi connectivity index (χ1n) is 11.7. The Kier molecular flexibility index (Phi) is 11.5. The van der Waals surface area contributed by atoms with E-state index in [0.717, 1.165) is 23.4 Å².